The molecule has 1 fully saturated rings. The number of hydrogen-bond donors (Lipinski definition) is 1. The van der Waals surface area contributed by atoms with E-state index < -0.39 is 0 Å². The molecule has 1 aromatic rings. The van der Waals surface area contributed by atoms with Crippen molar-refractivity contribution in [3.8, 4) is 11.5 Å². The molecular formula is C15H18O4. The first-order valence-corrected chi connectivity index (χ1v) is 6.90. The second kappa shape index (κ2) is 3.87. The molecule has 0 amide bonds. The van der Waals surface area contributed by atoms with Gasteiger partial charge in [-0.25, -0.2) is 0 Å². The van der Waals surface area contributed by atoms with E-state index in [0.29, 0.717) is 13.2 Å². The van der Waals surface area contributed by atoms with Gasteiger partial charge < -0.3 is 19.3 Å². The molecule has 0 saturated carbocycles. The fourth-order valence-electron chi connectivity index (χ4n) is 3.56. The fraction of sp³-hybridized carbons (Fsp3) is 0.600. The molecule has 0 spiro atoms. The normalized spacial score (nSPS) is 22.2. The summed E-state index contributed by atoms with van der Waals surface area (Å²) >= 11 is 0. The van der Waals surface area contributed by atoms with Crippen LogP contribution < -0.4 is 9.47 Å². The van der Waals surface area contributed by atoms with Gasteiger partial charge in [0.15, 0.2) is 0 Å². The summed E-state index contributed by atoms with van der Waals surface area (Å²) in [6, 6.07) is 0. The number of hydrogen-bond acceptors (Lipinski definition) is 4. The van der Waals surface area contributed by atoms with Crippen molar-refractivity contribution < 1.29 is 19.3 Å². The van der Waals surface area contributed by atoms with Crippen LogP contribution in [0.4, 0.5) is 0 Å². The highest BCUT2D eigenvalue weighted by molar-refractivity contribution is 5.64. The zero-order chi connectivity index (χ0) is 13.0. The van der Waals surface area contributed by atoms with Gasteiger partial charge in [0.1, 0.15) is 11.5 Å². The maximum atomic E-state index is 9.85. The van der Waals surface area contributed by atoms with E-state index in [9.17, 15) is 5.11 Å². The van der Waals surface area contributed by atoms with E-state index in [2.05, 4.69) is 6.92 Å². The number of benzene rings is 1. The minimum atomic E-state index is -0.278. The number of ether oxygens (including phenoxy) is 3. The van der Waals surface area contributed by atoms with E-state index in [1.54, 1.807) is 0 Å². The van der Waals surface area contributed by atoms with Gasteiger partial charge in [0.25, 0.3) is 0 Å². The minimum absolute atomic E-state index is 0.109. The lowest BCUT2D eigenvalue weighted by molar-refractivity contribution is -0.0853. The van der Waals surface area contributed by atoms with Gasteiger partial charge in [-0.3, -0.25) is 0 Å². The van der Waals surface area contributed by atoms with Crippen molar-refractivity contribution in [1.29, 1.82) is 0 Å². The van der Waals surface area contributed by atoms with Crippen molar-refractivity contribution in [3.63, 3.8) is 0 Å². The van der Waals surface area contributed by atoms with Gasteiger partial charge in [-0.1, -0.05) is 0 Å². The number of fused-ring (bicyclic) bond motifs is 2. The van der Waals surface area contributed by atoms with Gasteiger partial charge in [0.05, 0.1) is 38.4 Å². The van der Waals surface area contributed by atoms with Gasteiger partial charge in [-0.05, 0) is 12.5 Å². The van der Waals surface area contributed by atoms with Crippen molar-refractivity contribution in [1.82, 2.24) is 0 Å². The van der Waals surface area contributed by atoms with E-state index in [0.717, 1.165) is 43.1 Å². The smallest absolute Gasteiger partial charge is 0.127 e. The summed E-state index contributed by atoms with van der Waals surface area (Å²) < 4.78 is 17.1. The number of rotatable bonds is 2. The first kappa shape index (κ1) is 11.6. The second-order valence-electron chi connectivity index (χ2n) is 5.74. The molecule has 1 aromatic carbocycles. The lowest BCUT2D eigenvalue weighted by atomic mass is 9.74. The maximum Gasteiger partial charge on any atom is 0.127 e. The van der Waals surface area contributed by atoms with E-state index in [-0.39, 0.29) is 12.0 Å². The number of aliphatic hydroxyl groups is 1. The molecule has 3 aliphatic rings. The van der Waals surface area contributed by atoms with Gasteiger partial charge in [-0.15, -0.1) is 0 Å². The summed E-state index contributed by atoms with van der Waals surface area (Å²) in [4.78, 5) is 0. The molecule has 0 unspecified atom stereocenters. The third kappa shape index (κ3) is 1.36. The summed E-state index contributed by atoms with van der Waals surface area (Å²) in [5, 5.41) is 9.85. The average Bonchev–Trinajstić information content (AvgIpc) is 3.01. The van der Waals surface area contributed by atoms with Crippen LogP contribution in [0.1, 0.15) is 22.3 Å². The van der Waals surface area contributed by atoms with Crippen molar-refractivity contribution in [2.75, 3.05) is 33.0 Å². The van der Waals surface area contributed by atoms with E-state index >= 15 is 0 Å². The van der Waals surface area contributed by atoms with Crippen LogP contribution in [0.25, 0.3) is 0 Å². The van der Waals surface area contributed by atoms with Crippen molar-refractivity contribution in [2.45, 2.75) is 25.2 Å². The highest BCUT2D eigenvalue weighted by Gasteiger charge is 2.46. The summed E-state index contributed by atoms with van der Waals surface area (Å²) in [5.74, 6) is 2.03. The van der Waals surface area contributed by atoms with Crippen molar-refractivity contribution in [3.05, 3.63) is 22.3 Å². The van der Waals surface area contributed by atoms with Crippen LogP contribution in [0.3, 0.4) is 0 Å². The lowest BCUT2D eigenvalue weighted by Gasteiger charge is -2.42. The van der Waals surface area contributed by atoms with Crippen LogP contribution in [0.15, 0.2) is 0 Å². The van der Waals surface area contributed by atoms with Gasteiger partial charge in [0.2, 0.25) is 0 Å². The molecule has 0 bridgehead atoms. The largest absolute Gasteiger partial charge is 0.493 e. The fourth-order valence-corrected chi connectivity index (χ4v) is 3.56. The van der Waals surface area contributed by atoms with Crippen LogP contribution in [0, 0.1) is 6.92 Å². The Bertz CT molecular complexity index is 505. The van der Waals surface area contributed by atoms with Crippen LogP contribution in [0.5, 0.6) is 11.5 Å². The molecule has 3 heterocycles. The quantitative estimate of drug-likeness (QED) is 0.868. The predicted molar refractivity (Wildman–Crippen MR) is 69.2 cm³/mol. The monoisotopic (exact) mass is 262 g/mol. The Balaban J connectivity index is 2.00. The van der Waals surface area contributed by atoms with E-state index in [1.165, 1.54) is 16.7 Å². The van der Waals surface area contributed by atoms with Crippen LogP contribution in [0.2, 0.25) is 0 Å². The molecule has 4 heteroatoms. The molecule has 1 N–H and O–H groups in total. The maximum absolute atomic E-state index is 9.85. The predicted octanol–water partition coefficient (Wildman–Crippen LogP) is 1.13. The molecule has 102 valence electrons. The van der Waals surface area contributed by atoms with Crippen molar-refractivity contribution in [2.24, 2.45) is 0 Å². The zero-order valence-electron chi connectivity index (χ0n) is 11.1. The Hall–Kier alpha value is -1.26. The van der Waals surface area contributed by atoms with Gasteiger partial charge in [0, 0.05) is 29.5 Å². The van der Waals surface area contributed by atoms with Crippen molar-refractivity contribution >= 4 is 0 Å². The summed E-state index contributed by atoms with van der Waals surface area (Å²) in [7, 11) is 0. The third-order valence-corrected chi connectivity index (χ3v) is 4.66. The van der Waals surface area contributed by atoms with Crippen LogP contribution in [-0.2, 0) is 23.0 Å². The van der Waals surface area contributed by atoms with Gasteiger partial charge in [-0.2, -0.15) is 0 Å². The molecule has 3 aliphatic heterocycles. The Morgan fingerprint density at radius 1 is 1.05 bits per heavy atom. The highest BCUT2D eigenvalue weighted by atomic mass is 16.5. The summed E-state index contributed by atoms with van der Waals surface area (Å²) in [5.41, 5.74) is 4.59. The Morgan fingerprint density at radius 3 is 2.37 bits per heavy atom. The summed E-state index contributed by atoms with van der Waals surface area (Å²) in [6.07, 6.45) is 1.84. The third-order valence-electron chi connectivity index (χ3n) is 4.66. The molecule has 4 rings (SSSR count). The van der Waals surface area contributed by atoms with E-state index in [4.69, 9.17) is 14.2 Å². The zero-order valence-corrected chi connectivity index (χ0v) is 11.1. The first-order valence-electron chi connectivity index (χ1n) is 6.90. The topological polar surface area (TPSA) is 47.9 Å². The van der Waals surface area contributed by atoms with Crippen LogP contribution in [-0.4, -0.2) is 38.1 Å². The molecule has 0 atom stereocenters. The van der Waals surface area contributed by atoms with Crippen LogP contribution >= 0.6 is 0 Å². The Labute approximate surface area is 112 Å². The molecule has 0 aromatic heterocycles. The average molecular weight is 262 g/mol. The second-order valence-corrected chi connectivity index (χ2v) is 5.74. The molecular weight excluding hydrogens is 244 g/mol. The Kier molecular flexibility index (Phi) is 2.35. The SMILES string of the molecule is Cc1c2c(c(C3(CO)COC3)c3c1OCC3)OCC2. The van der Waals surface area contributed by atoms with Gasteiger partial charge >= 0.3 is 0 Å². The molecule has 0 aliphatic carbocycles. The minimum Gasteiger partial charge on any atom is -0.493 e. The molecule has 19 heavy (non-hydrogen) atoms. The lowest BCUT2D eigenvalue weighted by Crippen LogP contribution is -2.50. The molecule has 0 radical (unpaired) electrons. The Morgan fingerprint density at radius 2 is 1.74 bits per heavy atom. The van der Waals surface area contributed by atoms with E-state index in [1.807, 2.05) is 0 Å². The first-order chi connectivity index (χ1) is 9.27. The summed E-state index contributed by atoms with van der Waals surface area (Å²) in [6.45, 7) is 4.84. The molecule has 4 nitrogen and oxygen atoms in total. The molecule has 1 saturated heterocycles. The standard InChI is InChI=1S/C15H18O4/c1-9-10-2-4-19-14(10)12(11-3-5-18-13(9)11)15(6-16)7-17-8-15/h16H,2-8H2,1H3. The number of aliphatic hydroxyl groups excluding tert-OH is 1. The highest BCUT2D eigenvalue weighted by Crippen LogP contribution is 2.50.